The van der Waals surface area contributed by atoms with Gasteiger partial charge in [-0.25, -0.2) is 0 Å². The first-order valence-electron chi connectivity index (χ1n) is 6.79. The monoisotopic (exact) mass is 325 g/mol. The Morgan fingerprint density at radius 3 is 2.68 bits per heavy atom. The molecule has 3 nitrogen and oxygen atoms in total. The molecule has 1 aromatic carbocycles. The number of benzene rings is 1. The fourth-order valence-electron chi connectivity index (χ4n) is 2.90. The standard InChI is InChI=1S/C15H24BrN3/c1-11-7-12(16)5-6-14(11)19-9-13(8-17)18(4)15(2,3)10-19/h5-7,13H,8-10,17H2,1-4H3. The fraction of sp³-hybridized carbons (Fsp3) is 0.600. The van der Waals surface area contributed by atoms with Crippen LogP contribution in [-0.4, -0.2) is 43.2 Å². The number of piperazine rings is 1. The van der Waals surface area contributed by atoms with Crippen molar-refractivity contribution in [2.24, 2.45) is 5.73 Å². The summed E-state index contributed by atoms with van der Waals surface area (Å²) < 4.78 is 1.14. The normalized spacial score (nSPS) is 23.7. The van der Waals surface area contributed by atoms with Crippen molar-refractivity contribution < 1.29 is 0 Å². The molecule has 0 aromatic heterocycles. The number of anilines is 1. The third-order valence-electron chi connectivity index (χ3n) is 4.28. The van der Waals surface area contributed by atoms with E-state index in [-0.39, 0.29) is 5.54 Å². The highest BCUT2D eigenvalue weighted by Crippen LogP contribution is 2.30. The number of hydrogen-bond acceptors (Lipinski definition) is 3. The van der Waals surface area contributed by atoms with Crippen LogP contribution < -0.4 is 10.6 Å². The second-order valence-electron chi connectivity index (χ2n) is 6.12. The minimum Gasteiger partial charge on any atom is -0.368 e. The number of halogens is 1. The third kappa shape index (κ3) is 2.96. The van der Waals surface area contributed by atoms with Crippen molar-refractivity contribution in [3.8, 4) is 0 Å². The summed E-state index contributed by atoms with van der Waals surface area (Å²) in [5.74, 6) is 0. The summed E-state index contributed by atoms with van der Waals surface area (Å²) in [6.07, 6.45) is 0. The molecule has 19 heavy (non-hydrogen) atoms. The highest BCUT2D eigenvalue weighted by atomic mass is 79.9. The van der Waals surface area contributed by atoms with Gasteiger partial charge in [-0.15, -0.1) is 0 Å². The van der Waals surface area contributed by atoms with Crippen LogP contribution in [-0.2, 0) is 0 Å². The van der Waals surface area contributed by atoms with Gasteiger partial charge < -0.3 is 10.6 Å². The van der Waals surface area contributed by atoms with Crippen LogP contribution >= 0.6 is 15.9 Å². The van der Waals surface area contributed by atoms with Crippen molar-refractivity contribution in [2.45, 2.75) is 32.4 Å². The minimum absolute atomic E-state index is 0.141. The minimum atomic E-state index is 0.141. The SMILES string of the molecule is Cc1cc(Br)ccc1N1CC(CN)N(C)C(C)(C)C1. The molecule has 1 atom stereocenters. The zero-order chi connectivity index (χ0) is 14.2. The molecule has 0 aliphatic carbocycles. The second kappa shape index (κ2) is 5.43. The number of nitrogens with zero attached hydrogens (tertiary/aromatic N) is 2. The topological polar surface area (TPSA) is 32.5 Å². The fourth-order valence-corrected chi connectivity index (χ4v) is 3.38. The van der Waals surface area contributed by atoms with E-state index in [0.29, 0.717) is 12.6 Å². The van der Waals surface area contributed by atoms with Crippen molar-refractivity contribution in [2.75, 3.05) is 31.6 Å². The predicted octanol–water partition coefficient (Wildman–Crippen LogP) is 2.62. The Bertz CT molecular complexity index is 459. The van der Waals surface area contributed by atoms with Gasteiger partial charge in [0.2, 0.25) is 0 Å². The van der Waals surface area contributed by atoms with Crippen LogP contribution in [0.15, 0.2) is 22.7 Å². The first kappa shape index (κ1) is 14.8. The van der Waals surface area contributed by atoms with E-state index < -0.39 is 0 Å². The zero-order valence-electron chi connectivity index (χ0n) is 12.3. The van der Waals surface area contributed by atoms with Gasteiger partial charge in [0.05, 0.1) is 0 Å². The Labute approximate surface area is 124 Å². The van der Waals surface area contributed by atoms with E-state index in [1.165, 1.54) is 11.3 Å². The third-order valence-corrected chi connectivity index (χ3v) is 4.78. The van der Waals surface area contributed by atoms with Crippen molar-refractivity contribution in [3.63, 3.8) is 0 Å². The maximum absolute atomic E-state index is 5.94. The summed E-state index contributed by atoms with van der Waals surface area (Å²) in [5.41, 5.74) is 8.71. The largest absolute Gasteiger partial charge is 0.368 e. The van der Waals surface area contributed by atoms with Gasteiger partial charge in [0, 0.05) is 41.4 Å². The Morgan fingerprint density at radius 1 is 1.42 bits per heavy atom. The Kier molecular flexibility index (Phi) is 4.23. The van der Waals surface area contributed by atoms with Crippen LogP contribution in [0.4, 0.5) is 5.69 Å². The lowest BCUT2D eigenvalue weighted by atomic mass is 9.94. The first-order chi connectivity index (χ1) is 8.85. The Hall–Kier alpha value is -0.580. The summed E-state index contributed by atoms with van der Waals surface area (Å²) in [4.78, 5) is 4.89. The molecular weight excluding hydrogens is 302 g/mol. The Morgan fingerprint density at radius 2 is 2.11 bits per heavy atom. The van der Waals surface area contributed by atoms with Gasteiger partial charge in [0.25, 0.3) is 0 Å². The molecule has 0 bridgehead atoms. The highest BCUT2D eigenvalue weighted by Gasteiger charge is 2.37. The van der Waals surface area contributed by atoms with Crippen molar-refractivity contribution in [1.82, 2.24) is 4.90 Å². The molecule has 0 amide bonds. The average molecular weight is 326 g/mol. The summed E-state index contributed by atoms with van der Waals surface area (Å²) in [6.45, 7) is 9.47. The lowest BCUT2D eigenvalue weighted by Crippen LogP contribution is -2.64. The molecule has 0 saturated carbocycles. The molecule has 0 radical (unpaired) electrons. The van der Waals surface area contributed by atoms with E-state index in [0.717, 1.165) is 17.6 Å². The van der Waals surface area contributed by atoms with Crippen molar-refractivity contribution in [1.29, 1.82) is 0 Å². The second-order valence-corrected chi connectivity index (χ2v) is 7.04. The van der Waals surface area contributed by atoms with E-state index in [1.807, 2.05) is 0 Å². The van der Waals surface area contributed by atoms with Crippen LogP contribution in [0.5, 0.6) is 0 Å². The van der Waals surface area contributed by atoms with Crippen molar-refractivity contribution in [3.05, 3.63) is 28.2 Å². The molecule has 4 heteroatoms. The highest BCUT2D eigenvalue weighted by molar-refractivity contribution is 9.10. The van der Waals surface area contributed by atoms with Crippen LogP contribution in [0.3, 0.4) is 0 Å². The summed E-state index contributed by atoms with van der Waals surface area (Å²) >= 11 is 3.53. The Balaban J connectivity index is 2.30. The predicted molar refractivity (Wildman–Crippen MR) is 85.8 cm³/mol. The maximum Gasteiger partial charge on any atom is 0.0397 e. The van der Waals surface area contributed by atoms with Crippen molar-refractivity contribution >= 4 is 21.6 Å². The lowest BCUT2D eigenvalue weighted by Gasteiger charge is -2.51. The van der Waals surface area contributed by atoms with Gasteiger partial charge in [-0.2, -0.15) is 0 Å². The summed E-state index contributed by atoms with van der Waals surface area (Å²) in [6, 6.07) is 6.91. The van der Waals surface area contributed by atoms with E-state index in [9.17, 15) is 0 Å². The molecule has 1 aliphatic heterocycles. The van der Waals surface area contributed by atoms with Gasteiger partial charge in [-0.05, 0) is 51.6 Å². The van der Waals surface area contributed by atoms with Crippen LogP contribution in [0.2, 0.25) is 0 Å². The summed E-state index contributed by atoms with van der Waals surface area (Å²) in [5, 5.41) is 0. The molecule has 0 spiro atoms. The quantitative estimate of drug-likeness (QED) is 0.907. The average Bonchev–Trinajstić information content (AvgIpc) is 2.32. The van der Waals surface area contributed by atoms with Gasteiger partial charge in [0.1, 0.15) is 0 Å². The molecule has 1 aromatic rings. The van der Waals surface area contributed by atoms with E-state index in [2.05, 4.69) is 71.7 Å². The number of rotatable bonds is 2. The zero-order valence-corrected chi connectivity index (χ0v) is 13.9. The molecule has 1 heterocycles. The number of hydrogen-bond donors (Lipinski definition) is 1. The van der Waals surface area contributed by atoms with Gasteiger partial charge in [-0.3, -0.25) is 4.90 Å². The van der Waals surface area contributed by atoms with Gasteiger partial charge in [0.15, 0.2) is 0 Å². The van der Waals surface area contributed by atoms with E-state index >= 15 is 0 Å². The number of nitrogens with two attached hydrogens (primary N) is 1. The maximum atomic E-state index is 5.94. The number of aryl methyl sites for hydroxylation is 1. The molecule has 1 fully saturated rings. The first-order valence-corrected chi connectivity index (χ1v) is 7.58. The van der Waals surface area contributed by atoms with Crippen LogP contribution in [0, 0.1) is 6.92 Å². The van der Waals surface area contributed by atoms with Crippen LogP contribution in [0.1, 0.15) is 19.4 Å². The molecule has 1 unspecified atom stereocenters. The lowest BCUT2D eigenvalue weighted by molar-refractivity contribution is 0.0845. The van der Waals surface area contributed by atoms with E-state index in [4.69, 9.17) is 5.73 Å². The summed E-state index contributed by atoms with van der Waals surface area (Å²) in [7, 11) is 2.18. The molecule has 1 aliphatic rings. The molecule has 1 saturated heterocycles. The molecule has 2 rings (SSSR count). The smallest absolute Gasteiger partial charge is 0.0397 e. The molecule has 106 valence electrons. The molecular formula is C15H24BrN3. The van der Waals surface area contributed by atoms with Crippen LogP contribution in [0.25, 0.3) is 0 Å². The van der Waals surface area contributed by atoms with Gasteiger partial charge in [-0.1, -0.05) is 15.9 Å². The van der Waals surface area contributed by atoms with E-state index in [1.54, 1.807) is 0 Å². The number of likely N-dealkylation sites (N-methyl/N-ethyl adjacent to an activating group) is 1. The van der Waals surface area contributed by atoms with Gasteiger partial charge >= 0.3 is 0 Å². The molecule has 2 N–H and O–H groups in total.